The molecular weight excluding hydrogens is 256 g/mol. The predicted molar refractivity (Wildman–Crippen MR) is 70.1 cm³/mol. The number of fused-ring (bicyclic) bond motifs is 1. The fourth-order valence-corrected chi connectivity index (χ4v) is 4.61. The van der Waals surface area contributed by atoms with Crippen LogP contribution in [0.3, 0.4) is 0 Å². The molecule has 1 aromatic rings. The zero-order valence-corrected chi connectivity index (χ0v) is 11.2. The van der Waals surface area contributed by atoms with Gasteiger partial charge in [-0.2, -0.15) is 0 Å². The maximum absolute atomic E-state index is 11.3. The Hall–Kier alpha value is -0.460. The van der Waals surface area contributed by atoms with E-state index in [0.29, 0.717) is 0 Å². The Bertz CT molecular complexity index is 437. The van der Waals surface area contributed by atoms with Crippen molar-refractivity contribution >= 4 is 27.3 Å². The highest BCUT2D eigenvalue weighted by Gasteiger charge is 2.26. The summed E-state index contributed by atoms with van der Waals surface area (Å²) in [5.74, 6) is 1.49. The lowest BCUT2D eigenvalue weighted by Crippen LogP contribution is -2.37. The van der Waals surface area contributed by atoms with Gasteiger partial charge in [0.25, 0.3) is 0 Å². The number of rotatable bonds is 1. The SMILES string of the molecule is O=S1CCN(c2nc3c(s2)CCCC3O)CC1. The Morgan fingerprint density at radius 2 is 2.18 bits per heavy atom. The van der Waals surface area contributed by atoms with Gasteiger partial charge in [-0.15, -0.1) is 11.3 Å². The summed E-state index contributed by atoms with van der Waals surface area (Å²) >= 11 is 1.70. The molecule has 1 saturated heterocycles. The molecule has 3 rings (SSSR count). The number of hydrogen-bond donors (Lipinski definition) is 1. The van der Waals surface area contributed by atoms with Crippen LogP contribution in [0.4, 0.5) is 5.13 Å². The van der Waals surface area contributed by atoms with E-state index in [0.717, 1.165) is 54.7 Å². The molecule has 1 N–H and O–H groups in total. The van der Waals surface area contributed by atoms with E-state index in [1.807, 2.05) is 0 Å². The molecule has 0 aromatic carbocycles. The third-order valence-electron chi connectivity index (χ3n) is 3.36. The van der Waals surface area contributed by atoms with Gasteiger partial charge < -0.3 is 10.0 Å². The molecular formula is C11H16N2O2S2. The van der Waals surface area contributed by atoms with Crippen molar-refractivity contribution < 1.29 is 9.32 Å². The summed E-state index contributed by atoms with van der Waals surface area (Å²) in [5, 5.41) is 10.9. The van der Waals surface area contributed by atoms with Gasteiger partial charge in [0, 0.05) is 40.3 Å². The minimum Gasteiger partial charge on any atom is -0.387 e. The van der Waals surface area contributed by atoms with Crippen LogP contribution in [0.1, 0.15) is 29.5 Å². The molecule has 1 aliphatic carbocycles. The smallest absolute Gasteiger partial charge is 0.185 e. The maximum atomic E-state index is 11.3. The minimum atomic E-state index is -0.646. The van der Waals surface area contributed by atoms with Gasteiger partial charge in [0.05, 0.1) is 11.8 Å². The second-order valence-electron chi connectivity index (χ2n) is 4.55. The fraction of sp³-hybridized carbons (Fsp3) is 0.727. The van der Waals surface area contributed by atoms with Gasteiger partial charge in [0.1, 0.15) is 0 Å². The number of nitrogens with zero attached hydrogens (tertiary/aromatic N) is 2. The van der Waals surface area contributed by atoms with Crippen LogP contribution >= 0.6 is 11.3 Å². The summed E-state index contributed by atoms with van der Waals surface area (Å²) in [7, 11) is -0.646. The minimum absolute atomic E-state index is 0.373. The van der Waals surface area contributed by atoms with E-state index >= 15 is 0 Å². The molecule has 1 aliphatic heterocycles. The molecule has 6 heteroatoms. The van der Waals surface area contributed by atoms with Crippen molar-refractivity contribution in [1.29, 1.82) is 0 Å². The van der Waals surface area contributed by atoms with E-state index in [1.165, 1.54) is 4.88 Å². The molecule has 0 amide bonds. The van der Waals surface area contributed by atoms with Crippen LogP contribution in [-0.2, 0) is 17.2 Å². The number of aliphatic hydroxyl groups is 1. The summed E-state index contributed by atoms with van der Waals surface area (Å²) in [6.45, 7) is 1.66. The van der Waals surface area contributed by atoms with Crippen molar-refractivity contribution in [1.82, 2.24) is 4.98 Å². The van der Waals surface area contributed by atoms with E-state index < -0.39 is 10.8 Å². The molecule has 1 unspecified atom stereocenters. The topological polar surface area (TPSA) is 53.4 Å². The zero-order valence-electron chi connectivity index (χ0n) is 9.59. The number of aromatic nitrogens is 1. The van der Waals surface area contributed by atoms with Gasteiger partial charge in [-0.1, -0.05) is 0 Å². The molecule has 1 fully saturated rings. The van der Waals surface area contributed by atoms with Crippen molar-refractivity contribution in [2.45, 2.75) is 25.4 Å². The molecule has 1 aromatic heterocycles. The van der Waals surface area contributed by atoms with Crippen LogP contribution in [0.5, 0.6) is 0 Å². The molecule has 2 heterocycles. The van der Waals surface area contributed by atoms with Crippen LogP contribution < -0.4 is 4.90 Å². The first-order valence-corrected chi connectivity index (χ1v) is 8.32. The van der Waals surface area contributed by atoms with Gasteiger partial charge in [0.2, 0.25) is 0 Å². The lowest BCUT2D eigenvalue weighted by molar-refractivity contribution is 0.153. The first kappa shape index (κ1) is 11.6. The lowest BCUT2D eigenvalue weighted by Gasteiger charge is -2.25. The van der Waals surface area contributed by atoms with Crippen molar-refractivity contribution in [2.24, 2.45) is 0 Å². The average Bonchev–Trinajstić information content (AvgIpc) is 2.75. The molecule has 0 spiro atoms. The average molecular weight is 272 g/mol. The molecule has 2 aliphatic rings. The van der Waals surface area contributed by atoms with Crippen molar-refractivity contribution in [3.05, 3.63) is 10.6 Å². The molecule has 1 atom stereocenters. The highest BCUT2D eigenvalue weighted by atomic mass is 32.2. The number of aryl methyl sites for hydroxylation is 1. The standard InChI is InChI=1S/C11H16N2O2S2/c14-8-2-1-3-9-10(8)12-11(16-9)13-4-6-17(15)7-5-13/h8,14H,1-7H2. The summed E-state index contributed by atoms with van der Waals surface area (Å²) in [5.41, 5.74) is 0.892. The lowest BCUT2D eigenvalue weighted by atomic mass is 10.0. The number of thiazole rings is 1. The van der Waals surface area contributed by atoms with Crippen molar-refractivity contribution in [3.8, 4) is 0 Å². The molecule has 17 heavy (non-hydrogen) atoms. The first-order chi connectivity index (χ1) is 8.24. The van der Waals surface area contributed by atoms with Crippen LogP contribution in [0.2, 0.25) is 0 Å². The monoisotopic (exact) mass is 272 g/mol. The third-order valence-corrected chi connectivity index (χ3v) is 5.83. The predicted octanol–water partition coefficient (Wildman–Crippen LogP) is 1.08. The van der Waals surface area contributed by atoms with Gasteiger partial charge in [-0.25, -0.2) is 4.98 Å². The van der Waals surface area contributed by atoms with E-state index in [2.05, 4.69) is 9.88 Å². The molecule has 0 saturated carbocycles. The summed E-state index contributed by atoms with van der Waals surface area (Å²) in [6.07, 6.45) is 2.56. The highest BCUT2D eigenvalue weighted by Crippen LogP contribution is 2.36. The number of hydrogen-bond acceptors (Lipinski definition) is 5. The first-order valence-electron chi connectivity index (χ1n) is 6.01. The Kier molecular flexibility index (Phi) is 3.19. The van der Waals surface area contributed by atoms with Gasteiger partial charge >= 0.3 is 0 Å². The molecule has 0 radical (unpaired) electrons. The van der Waals surface area contributed by atoms with E-state index in [9.17, 15) is 9.32 Å². The van der Waals surface area contributed by atoms with Gasteiger partial charge in [-0.05, 0) is 19.3 Å². The quantitative estimate of drug-likeness (QED) is 0.831. The van der Waals surface area contributed by atoms with Crippen LogP contribution in [-0.4, -0.2) is 38.9 Å². The Morgan fingerprint density at radius 3 is 2.88 bits per heavy atom. The van der Waals surface area contributed by atoms with Gasteiger partial charge in [0.15, 0.2) is 5.13 Å². The van der Waals surface area contributed by atoms with Crippen molar-refractivity contribution in [2.75, 3.05) is 29.5 Å². The van der Waals surface area contributed by atoms with Crippen LogP contribution in [0, 0.1) is 0 Å². The number of anilines is 1. The van der Waals surface area contributed by atoms with E-state index in [1.54, 1.807) is 11.3 Å². The summed E-state index contributed by atoms with van der Waals surface area (Å²) < 4.78 is 11.3. The molecule has 94 valence electrons. The van der Waals surface area contributed by atoms with E-state index in [4.69, 9.17) is 0 Å². The maximum Gasteiger partial charge on any atom is 0.185 e. The second-order valence-corrected chi connectivity index (χ2v) is 7.31. The summed E-state index contributed by atoms with van der Waals surface area (Å²) in [4.78, 5) is 8.02. The Balaban J connectivity index is 1.82. The molecule has 0 bridgehead atoms. The van der Waals surface area contributed by atoms with Crippen LogP contribution in [0.15, 0.2) is 0 Å². The van der Waals surface area contributed by atoms with Crippen molar-refractivity contribution in [3.63, 3.8) is 0 Å². The van der Waals surface area contributed by atoms with Crippen LogP contribution in [0.25, 0.3) is 0 Å². The van der Waals surface area contributed by atoms with Gasteiger partial charge in [-0.3, -0.25) is 4.21 Å². The Labute approximate surface area is 107 Å². The fourth-order valence-electron chi connectivity index (χ4n) is 2.35. The van der Waals surface area contributed by atoms with E-state index in [-0.39, 0.29) is 6.10 Å². The third kappa shape index (κ3) is 2.26. The normalized spacial score (nSPS) is 25.9. The highest BCUT2D eigenvalue weighted by molar-refractivity contribution is 7.85. The summed E-state index contributed by atoms with van der Waals surface area (Å²) in [6, 6.07) is 0. The molecule has 4 nitrogen and oxygen atoms in total. The zero-order chi connectivity index (χ0) is 11.8. The second kappa shape index (κ2) is 4.66. The number of aliphatic hydroxyl groups excluding tert-OH is 1. The Morgan fingerprint density at radius 1 is 1.41 bits per heavy atom. The largest absolute Gasteiger partial charge is 0.387 e.